The van der Waals surface area contributed by atoms with Crippen LogP contribution in [0.15, 0.2) is 18.6 Å². The Balaban J connectivity index is 2.37. The lowest BCUT2D eigenvalue weighted by Gasteiger charge is -2.04. The molecular formula is C8H12N4O. The quantitative estimate of drug-likeness (QED) is 0.729. The zero-order valence-corrected chi connectivity index (χ0v) is 7.45. The van der Waals surface area contributed by atoms with E-state index in [-0.39, 0.29) is 6.03 Å². The van der Waals surface area contributed by atoms with Crippen LogP contribution in [-0.4, -0.2) is 22.5 Å². The third-order valence-electron chi connectivity index (χ3n) is 1.34. The SMILES string of the molecule is CCCNC(=O)Nc1cnccn1. The van der Waals surface area contributed by atoms with Crippen molar-refractivity contribution < 1.29 is 4.79 Å². The molecule has 1 aromatic rings. The molecule has 1 heterocycles. The van der Waals surface area contributed by atoms with Crippen LogP contribution in [0.5, 0.6) is 0 Å². The third kappa shape index (κ3) is 3.50. The molecular weight excluding hydrogens is 168 g/mol. The first-order chi connectivity index (χ1) is 6.33. The summed E-state index contributed by atoms with van der Waals surface area (Å²) in [6, 6.07) is -0.248. The Morgan fingerprint density at radius 3 is 3.00 bits per heavy atom. The van der Waals surface area contributed by atoms with E-state index in [1.165, 1.54) is 12.4 Å². The van der Waals surface area contributed by atoms with E-state index in [0.717, 1.165) is 6.42 Å². The Hall–Kier alpha value is -1.65. The number of aromatic nitrogens is 2. The smallest absolute Gasteiger partial charge is 0.320 e. The van der Waals surface area contributed by atoms with Gasteiger partial charge in [-0.2, -0.15) is 0 Å². The lowest BCUT2D eigenvalue weighted by atomic mass is 10.5. The van der Waals surface area contributed by atoms with E-state index in [0.29, 0.717) is 12.4 Å². The van der Waals surface area contributed by atoms with Crippen molar-refractivity contribution in [3.63, 3.8) is 0 Å². The summed E-state index contributed by atoms with van der Waals surface area (Å²) in [5.74, 6) is 0.455. The maximum Gasteiger partial charge on any atom is 0.320 e. The molecule has 70 valence electrons. The van der Waals surface area contributed by atoms with Crippen molar-refractivity contribution in [3.8, 4) is 0 Å². The predicted octanol–water partition coefficient (Wildman–Crippen LogP) is 1.01. The van der Waals surface area contributed by atoms with E-state index in [1.807, 2.05) is 6.92 Å². The fourth-order valence-electron chi connectivity index (χ4n) is 0.763. The summed E-state index contributed by atoms with van der Waals surface area (Å²) < 4.78 is 0. The van der Waals surface area contributed by atoms with Gasteiger partial charge in [-0.3, -0.25) is 10.3 Å². The zero-order chi connectivity index (χ0) is 9.52. The Morgan fingerprint density at radius 2 is 2.38 bits per heavy atom. The molecule has 2 N–H and O–H groups in total. The minimum Gasteiger partial charge on any atom is -0.338 e. The number of urea groups is 1. The predicted molar refractivity (Wildman–Crippen MR) is 49.3 cm³/mol. The molecule has 2 amide bonds. The first kappa shape index (κ1) is 9.44. The topological polar surface area (TPSA) is 66.9 Å². The highest BCUT2D eigenvalue weighted by atomic mass is 16.2. The first-order valence-corrected chi connectivity index (χ1v) is 4.13. The maximum absolute atomic E-state index is 11.1. The summed E-state index contributed by atoms with van der Waals surface area (Å²) in [7, 11) is 0. The van der Waals surface area contributed by atoms with Crippen molar-refractivity contribution >= 4 is 11.8 Å². The van der Waals surface area contributed by atoms with Crippen LogP contribution in [0.25, 0.3) is 0 Å². The van der Waals surface area contributed by atoms with Crippen LogP contribution >= 0.6 is 0 Å². The van der Waals surface area contributed by atoms with Crippen LogP contribution in [0.3, 0.4) is 0 Å². The molecule has 13 heavy (non-hydrogen) atoms. The van der Waals surface area contributed by atoms with Gasteiger partial charge in [0.05, 0.1) is 6.20 Å². The second kappa shape index (κ2) is 5.08. The number of nitrogens with one attached hydrogen (secondary N) is 2. The van der Waals surface area contributed by atoms with Gasteiger partial charge in [-0.25, -0.2) is 9.78 Å². The van der Waals surface area contributed by atoms with E-state index in [9.17, 15) is 4.79 Å². The van der Waals surface area contributed by atoms with Crippen LogP contribution in [0, 0.1) is 0 Å². The standard InChI is InChI=1S/C8H12N4O/c1-2-3-11-8(13)12-7-6-9-4-5-10-7/h4-6H,2-3H2,1H3,(H2,10,11,12,13). The van der Waals surface area contributed by atoms with Crippen LogP contribution in [-0.2, 0) is 0 Å². The van der Waals surface area contributed by atoms with Gasteiger partial charge in [0.15, 0.2) is 5.82 Å². The zero-order valence-electron chi connectivity index (χ0n) is 7.45. The highest BCUT2D eigenvalue weighted by molar-refractivity contribution is 5.87. The van der Waals surface area contributed by atoms with Gasteiger partial charge < -0.3 is 5.32 Å². The summed E-state index contributed by atoms with van der Waals surface area (Å²) in [4.78, 5) is 18.8. The molecule has 0 spiro atoms. The van der Waals surface area contributed by atoms with E-state index >= 15 is 0 Å². The molecule has 0 radical (unpaired) electrons. The number of nitrogens with zero attached hydrogens (tertiary/aromatic N) is 2. The molecule has 0 saturated heterocycles. The molecule has 0 aromatic carbocycles. The van der Waals surface area contributed by atoms with Crippen molar-refractivity contribution in [2.24, 2.45) is 0 Å². The van der Waals surface area contributed by atoms with Gasteiger partial charge in [-0.15, -0.1) is 0 Å². The van der Waals surface area contributed by atoms with Gasteiger partial charge in [-0.05, 0) is 6.42 Å². The van der Waals surface area contributed by atoms with E-state index in [2.05, 4.69) is 20.6 Å². The number of anilines is 1. The average molecular weight is 180 g/mol. The highest BCUT2D eigenvalue weighted by Gasteiger charge is 1.99. The van der Waals surface area contributed by atoms with Gasteiger partial charge >= 0.3 is 6.03 Å². The summed E-state index contributed by atoms with van der Waals surface area (Å²) in [6.45, 7) is 2.65. The number of carbonyl (C=O) groups is 1. The molecule has 1 rings (SSSR count). The Labute approximate surface area is 76.6 Å². The highest BCUT2D eigenvalue weighted by Crippen LogP contribution is 1.95. The number of amides is 2. The number of rotatable bonds is 3. The van der Waals surface area contributed by atoms with Crippen molar-refractivity contribution in [2.75, 3.05) is 11.9 Å². The third-order valence-corrected chi connectivity index (χ3v) is 1.34. The minimum absolute atomic E-state index is 0.248. The van der Waals surface area contributed by atoms with Crippen LogP contribution < -0.4 is 10.6 Å². The Bertz CT molecular complexity index is 262. The molecule has 5 nitrogen and oxygen atoms in total. The second-order valence-corrected chi connectivity index (χ2v) is 2.47. The molecule has 0 aliphatic heterocycles. The molecule has 0 bridgehead atoms. The average Bonchev–Trinajstić information content (AvgIpc) is 2.16. The maximum atomic E-state index is 11.1. The Morgan fingerprint density at radius 1 is 1.54 bits per heavy atom. The summed E-state index contributed by atoms with van der Waals surface area (Å²) in [5.41, 5.74) is 0. The normalized spacial score (nSPS) is 9.31. The summed E-state index contributed by atoms with van der Waals surface area (Å²) in [5, 5.41) is 5.22. The van der Waals surface area contributed by atoms with Crippen molar-refractivity contribution in [2.45, 2.75) is 13.3 Å². The molecule has 0 atom stereocenters. The number of hydrogen-bond donors (Lipinski definition) is 2. The lowest BCUT2D eigenvalue weighted by molar-refractivity contribution is 0.252. The van der Waals surface area contributed by atoms with Crippen molar-refractivity contribution in [1.29, 1.82) is 0 Å². The van der Waals surface area contributed by atoms with Crippen LogP contribution in [0.2, 0.25) is 0 Å². The Kier molecular flexibility index (Phi) is 3.69. The minimum atomic E-state index is -0.248. The van der Waals surface area contributed by atoms with Crippen LogP contribution in [0.4, 0.5) is 10.6 Å². The van der Waals surface area contributed by atoms with Gasteiger partial charge in [0.25, 0.3) is 0 Å². The molecule has 0 fully saturated rings. The number of carbonyl (C=O) groups excluding carboxylic acids is 1. The monoisotopic (exact) mass is 180 g/mol. The summed E-state index contributed by atoms with van der Waals surface area (Å²) in [6.07, 6.45) is 5.48. The molecule has 0 saturated carbocycles. The fraction of sp³-hybridized carbons (Fsp3) is 0.375. The van der Waals surface area contributed by atoms with Gasteiger partial charge in [0.1, 0.15) is 0 Å². The largest absolute Gasteiger partial charge is 0.338 e. The molecule has 0 unspecified atom stereocenters. The van der Waals surface area contributed by atoms with E-state index < -0.39 is 0 Å². The van der Waals surface area contributed by atoms with E-state index in [4.69, 9.17) is 0 Å². The molecule has 1 aromatic heterocycles. The fourth-order valence-corrected chi connectivity index (χ4v) is 0.763. The first-order valence-electron chi connectivity index (χ1n) is 4.13. The van der Waals surface area contributed by atoms with Gasteiger partial charge in [-0.1, -0.05) is 6.92 Å². The summed E-state index contributed by atoms with van der Waals surface area (Å²) >= 11 is 0. The van der Waals surface area contributed by atoms with Gasteiger partial charge in [0, 0.05) is 18.9 Å². The lowest BCUT2D eigenvalue weighted by Crippen LogP contribution is -2.29. The second-order valence-electron chi connectivity index (χ2n) is 2.47. The van der Waals surface area contributed by atoms with Gasteiger partial charge in [0.2, 0.25) is 0 Å². The molecule has 0 aliphatic rings. The van der Waals surface area contributed by atoms with Crippen molar-refractivity contribution in [1.82, 2.24) is 15.3 Å². The number of hydrogen-bond acceptors (Lipinski definition) is 3. The van der Waals surface area contributed by atoms with Crippen LogP contribution in [0.1, 0.15) is 13.3 Å². The molecule has 5 heteroatoms. The van der Waals surface area contributed by atoms with Crippen molar-refractivity contribution in [3.05, 3.63) is 18.6 Å². The molecule has 0 aliphatic carbocycles. The van der Waals surface area contributed by atoms with E-state index in [1.54, 1.807) is 6.20 Å².